The van der Waals surface area contributed by atoms with Gasteiger partial charge in [-0.2, -0.15) is 13.2 Å². The predicted molar refractivity (Wildman–Crippen MR) is 113 cm³/mol. The second-order valence-electron chi connectivity index (χ2n) is 8.48. The quantitative estimate of drug-likeness (QED) is 0.734. The Labute approximate surface area is 182 Å². The number of nitrogens with zero attached hydrogens (tertiary/aromatic N) is 5. The first kappa shape index (κ1) is 20.8. The normalized spacial score (nSPS) is 23.3. The van der Waals surface area contributed by atoms with Gasteiger partial charge in [0.05, 0.1) is 30.0 Å². The fraction of sp³-hybridized carbons (Fsp3) is 0.476. The molecule has 32 heavy (non-hydrogen) atoms. The second-order valence-corrected chi connectivity index (χ2v) is 8.48. The summed E-state index contributed by atoms with van der Waals surface area (Å²) in [5.41, 5.74) is -0.232. The minimum atomic E-state index is -4.19. The molecule has 0 spiro atoms. The molecule has 2 fully saturated rings. The number of urea groups is 1. The summed E-state index contributed by atoms with van der Waals surface area (Å²) >= 11 is 0. The zero-order valence-electron chi connectivity index (χ0n) is 17.2. The number of carbonyl (C=O) groups excluding carboxylic acids is 1. The molecule has 2 aromatic rings. The van der Waals surface area contributed by atoms with E-state index in [1.165, 1.54) is 11.1 Å². The number of rotatable bonds is 2. The molecule has 5 heterocycles. The van der Waals surface area contributed by atoms with Gasteiger partial charge in [0.1, 0.15) is 5.82 Å². The average molecular weight is 448 g/mol. The van der Waals surface area contributed by atoms with Gasteiger partial charge in [-0.3, -0.25) is 4.98 Å². The first-order valence-corrected chi connectivity index (χ1v) is 10.6. The van der Waals surface area contributed by atoms with Crippen molar-refractivity contribution in [2.45, 2.75) is 31.2 Å². The minimum absolute atomic E-state index is 0.00351. The molecule has 2 bridgehead atoms. The van der Waals surface area contributed by atoms with Crippen LogP contribution in [-0.2, 0) is 0 Å². The van der Waals surface area contributed by atoms with Crippen LogP contribution in [0.5, 0.6) is 0 Å². The molecular formula is C21H23F3N6O2. The molecule has 2 N–H and O–H groups in total. The highest BCUT2D eigenvalue weighted by molar-refractivity contribution is 6.05. The molecule has 3 aliphatic rings. The molecule has 0 aromatic carbocycles. The number of carbonyl (C=O) groups is 1. The Morgan fingerprint density at radius 2 is 1.94 bits per heavy atom. The van der Waals surface area contributed by atoms with Crippen LogP contribution >= 0.6 is 0 Å². The van der Waals surface area contributed by atoms with E-state index in [0.29, 0.717) is 36.0 Å². The van der Waals surface area contributed by atoms with Crippen molar-refractivity contribution >= 4 is 29.0 Å². The highest BCUT2D eigenvalue weighted by atomic mass is 19.4. The molecule has 1 atom stereocenters. The lowest BCUT2D eigenvalue weighted by molar-refractivity contribution is -0.179. The highest BCUT2D eigenvalue weighted by Crippen LogP contribution is 2.45. The van der Waals surface area contributed by atoms with Gasteiger partial charge in [0.25, 0.3) is 0 Å². The Balaban J connectivity index is 1.44. The molecule has 2 aromatic heterocycles. The third-order valence-corrected chi connectivity index (χ3v) is 6.43. The Hall–Kier alpha value is -3.08. The van der Waals surface area contributed by atoms with Crippen molar-refractivity contribution in [3.8, 4) is 0 Å². The fourth-order valence-corrected chi connectivity index (χ4v) is 4.72. The van der Waals surface area contributed by atoms with Crippen LogP contribution in [0.1, 0.15) is 19.3 Å². The van der Waals surface area contributed by atoms with E-state index in [1.807, 2.05) is 11.0 Å². The summed E-state index contributed by atoms with van der Waals surface area (Å²) in [5.74, 6) is -0.511. The molecule has 0 unspecified atom stereocenters. The number of aromatic nitrogens is 2. The summed E-state index contributed by atoms with van der Waals surface area (Å²) in [6.45, 7) is 1.29. The summed E-state index contributed by atoms with van der Waals surface area (Å²) in [6, 6.07) is 6.43. The van der Waals surface area contributed by atoms with Gasteiger partial charge in [0, 0.05) is 32.3 Å². The summed E-state index contributed by atoms with van der Waals surface area (Å²) in [5, 5.41) is 14.0. The van der Waals surface area contributed by atoms with E-state index in [2.05, 4.69) is 15.3 Å². The number of alkyl halides is 3. The van der Waals surface area contributed by atoms with E-state index in [9.17, 15) is 23.1 Å². The van der Waals surface area contributed by atoms with Crippen LogP contribution in [0.3, 0.4) is 0 Å². The largest absolute Gasteiger partial charge is 0.391 e. The van der Waals surface area contributed by atoms with E-state index >= 15 is 0 Å². The number of halogens is 3. The molecule has 2 saturated heterocycles. The molecule has 5 rings (SSSR count). The first-order valence-electron chi connectivity index (χ1n) is 10.6. The van der Waals surface area contributed by atoms with Crippen LogP contribution in [0.15, 0.2) is 36.7 Å². The van der Waals surface area contributed by atoms with Crippen LogP contribution in [0.4, 0.5) is 41.0 Å². The molecule has 0 aliphatic carbocycles. The lowest BCUT2D eigenvalue weighted by Crippen LogP contribution is -2.58. The van der Waals surface area contributed by atoms with Crippen LogP contribution in [0.2, 0.25) is 0 Å². The number of hydrogen-bond donors (Lipinski definition) is 2. The standard InChI is InChI=1S/C21H23F3N6O2/c22-21(23,24)14-5-9-28(10-6-14)17-4-3-16-18(27-17)30(20(32)7-11-29(16)13-20)19(31)26-15-2-1-8-25-12-15/h1-4,8,12,14,32H,5-7,9-11,13H2,(H,26,31)/t20-/m1/s1. The topological polar surface area (TPSA) is 84.8 Å². The summed E-state index contributed by atoms with van der Waals surface area (Å²) in [7, 11) is 0. The van der Waals surface area contributed by atoms with Gasteiger partial charge in [0.15, 0.2) is 11.5 Å². The Morgan fingerprint density at radius 1 is 1.16 bits per heavy atom. The van der Waals surface area contributed by atoms with Crippen molar-refractivity contribution in [3.63, 3.8) is 0 Å². The van der Waals surface area contributed by atoms with Crippen molar-refractivity contribution in [3.05, 3.63) is 36.7 Å². The maximum atomic E-state index is 13.2. The zero-order valence-corrected chi connectivity index (χ0v) is 17.2. The van der Waals surface area contributed by atoms with E-state index in [1.54, 1.807) is 29.3 Å². The summed E-state index contributed by atoms with van der Waals surface area (Å²) in [6.07, 6.45) is -0.734. The lowest BCUT2D eigenvalue weighted by atomic mass is 9.96. The predicted octanol–water partition coefficient (Wildman–Crippen LogP) is 3.21. The Bertz CT molecular complexity index is 1010. The Morgan fingerprint density at radius 3 is 2.62 bits per heavy atom. The molecule has 2 amide bonds. The zero-order chi connectivity index (χ0) is 22.5. The van der Waals surface area contributed by atoms with Crippen molar-refractivity contribution in [1.82, 2.24) is 9.97 Å². The summed E-state index contributed by atoms with van der Waals surface area (Å²) < 4.78 is 39.1. The number of pyridine rings is 2. The van der Waals surface area contributed by atoms with Crippen LogP contribution in [0.25, 0.3) is 0 Å². The number of nitrogens with one attached hydrogen (secondary N) is 1. The number of fused-ring (bicyclic) bond motifs is 4. The van der Waals surface area contributed by atoms with Gasteiger partial charge in [-0.1, -0.05) is 0 Å². The minimum Gasteiger partial charge on any atom is -0.368 e. The molecule has 11 heteroatoms. The first-order chi connectivity index (χ1) is 15.2. The second kappa shape index (κ2) is 7.51. The SMILES string of the molecule is O=C(Nc1cccnc1)N1c2nc(N3CCC(C(F)(F)F)CC3)ccc2N2CC[C@@]1(O)C2. The Kier molecular flexibility index (Phi) is 4.88. The number of amides is 2. The van der Waals surface area contributed by atoms with Gasteiger partial charge in [-0.25, -0.2) is 14.7 Å². The molecule has 8 nitrogen and oxygen atoms in total. The van der Waals surface area contributed by atoms with Gasteiger partial charge in [-0.05, 0) is 37.1 Å². The van der Waals surface area contributed by atoms with E-state index < -0.39 is 23.9 Å². The molecule has 3 aliphatic heterocycles. The molecular weight excluding hydrogens is 425 g/mol. The lowest BCUT2D eigenvalue weighted by Gasteiger charge is -2.42. The summed E-state index contributed by atoms with van der Waals surface area (Å²) in [4.78, 5) is 26.9. The van der Waals surface area contributed by atoms with Crippen molar-refractivity contribution in [1.29, 1.82) is 0 Å². The van der Waals surface area contributed by atoms with Gasteiger partial charge in [-0.15, -0.1) is 0 Å². The molecule has 170 valence electrons. The third-order valence-electron chi connectivity index (χ3n) is 6.43. The monoisotopic (exact) mass is 448 g/mol. The number of aliphatic hydroxyl groups is 1. The van der Waals surface area contributed by atoms with Crippen molar-refractivity contribution in [2.24, 2.45) is 5.92 Å². The number of hydrogen-bond acceptors (Lipinski definition) is 6. The van der Waals surface area contributed by atoms with Crippen LogP contribution in [0, 0.1) is 5.92 Å². The molecule has 0 radical (unpaired) electrons. The van der Waals surface area contributed by atoms with Gasteiger partial charge < -0.3 is 20.2 Å². The van der Waals surface area contributed by atoms with Crippen LogP contribution in [-0.4, -0.2) is 59.2 Å². The fourth-order valence-electron chi connectivity index (χ4n) is 4.72. The maximum absolute atomic E-state index is 13.2. The van der Waals surface area contributed by atoms with Crippen molar-refractivity contribution in [2.75, 3.05) is 46.2 Å². The smallest absolute Gasteiger partial charge is 0.368 e. The van der Waals surface area contributed by atoms with Gasteiger partial charge in [0.2, 0.25) is 0 Å². The third kappa shape index (κ3) is 3.60. The van der Waals surface area contributed by atoms with E-state index in [4.69, 9.17) is 0 Å². The van der Waals surface area contributed by atoms with Gasteiger partial charge >= 0.3 is 12.2 Å². The average Bonchev–Trinajstić information content (AvgIpc) is 3.11. The number of piperidine rings is 1. The van der Waals surface area contributed by atoms with Crippen molar-refractivity contribution < 1.29 is 23.1 Å². The highest BCUT2D eigenvalue weighted by Gasteiger charge is 2.51. The van der Waals surface area contributed by atoms with E-state index in [-0.39, 0.29) is 32.5 Å². The number of anilines is 4. The van der Waals surface area contributed by atoms with E-state index in [0.717, 1.165) is 0 Å². The van der Waals surface area contributed by atoms with Crippen LogP contribution < -0.4 is 20.0 Å². The molecule has 0 saturated carbocycles. The maximum Gasteiger partial charge on any atom is 0.391 e.